The fourth-order valence-electron chi connectivity index (χ4n) is 1.02. The highest BCUT2D eigenvalue weighted by molar-refractivity contribution is 6.30. The van der Waals surface area contributed by atoms with E-state index < -0.39 is 17.5 Å². The van der Waals surface area contributed by atoms with Gasteiger partial charge in [-0.05, 0) is 17.7 Å². The Morgan fingerprint density at radius 3 is 2.06 bits per heavy atom. The van der Waals surface area contributed by atoms with E-state index in [1.807, 2.05) is 0 Å². The molecule has 0 heterocycles. The van der Waals surface area contributed by atoms with Crippen LogP contribution in [0.1, 0.15) is 10.9 Å². The van der Waals surface area contributed by atoms with Crippen molar-refractivity contribution in [1.82, 2.24) is 0 Å². The smallest absolute Gasteiger partial charge is 0.194 e. The van der Waals surface area contributed by atoms with Crippen LogP contribution in [0.15, 0.2) is 24.3 Å². The lowest BCUT2D eigenvalue weighted by atomic mass is 10.1. The van der Waals surface area contributed by atoms with E-state index >= 15 is 0 Å². The standard InChI is InChI=1S/C9H5Cl2F5/c10-6-3-1-2-5(4-6)7(11)8(12,13)9(14,15)16/h1-4,7H. The summed E-state index contributed by atoms with van der Waals surface area (Å²) in [6, 6.07) is 4.63. The molecule has 1 rings (SSSR count). The van der Waals surface area contributed by atoms with Gasteiger partial charge in [0.05, 0.1) is 0 Å². The zero-order chi connectivity index (χ0) is 12.6. The zero-order valence-electron chi connectivity index (χ0n) is 7.53. The first-order chi connectivity index (χ1) is 7.16. The van der Waals surface area contributed by atoms with Crippen molar-refractivity contribution in [2.45, 2.75) is 17.5 Å². The summed E-state index contributed by atoms with van der Waals surface area (Å²) in [4.78, 5) is 0. The zero-order valence-corrected chi connectivity index (χ0v) is 9.04. The van der Waals surface area contributed by atoms with Gasteiger partial charge in [-0.25, -0.2) is 0 Å². The third-order valence-electron chi connectivity index (χ3n) is 1.84. The van der Waals surface area contributed by atoms with E-state index in [2.05, 4.69) is 0 Å². The second-order valence-electron chi connectivity index (χ2n) is 3.04. The van der Waals surface area contributed by atoms with Gasteiger partial charge in [-0.1, -0.05) is 23.7 Å². The predicted molar refractivity (Wildman–Crippen MR) is 51.0 cm³/mol. The third kappa shape index (κ3) is 2.58. The van der Waals surface area contributed by atoms with Crippen LogP contribution in [0.5, 0.6) is 0 Å². The summed E-state index contributed by atoms with van der Waals surface area (Å²) >= 11 is 10.6. The fraction of sp³-hybridized carbons (Fsp3) is 0.333. The van der Waals surface area contributed by atoms with Crippen molar-refractivity contribution >= 4 is 23.2 Å². The van der Waals surface area contributed by atoms with Crippen LogP contribution in [0.2, 0.25) is 5.02 Å². The number of hydrogen-bond acceptors (Lipinski definition) is 0. The monoisotopic (exact) mass is 278 g/mol. The number of halogens is 7. The van der Waals surface area contributed by atoms with Crippen LogP contribution in [-0.2, 0) is 0 Å². The Balaban J connectivity index is 3.07. The molecule has 0 spiro atoms. The topological polar surface area (TPSA) is 0 Å². The van der Waals surface area contributed by atoms with Gasteiger partial charge >= 0.3 is 12.1 Å². The fourth-order valence-corrected chi connectivity index (χ4v) is 1.48. The molecule has 1 aromatic rings. The molecule has 0 fully saturated rings. The molecule has 0 radical (unpaired) electrons. The van der Waals surface area contributed by atoms with Gasteiger partial charge in [0.15, 0.2) is 0 Å². The van der Waals surface area contributed by atoms with E-state index in [0.717, 1.165) is 12.1 Å². The first-order valence-electron chi connectivity index (χ1n) is 4.00. The highest BCUT2D eigenvalue weighted by atomic mass is 35.5. The summed E-state index contributed by atoms with van der Waals surface area (Å²) in [6.45, 7) is 0. The molecular formula is C9H5Cl2F5. The average molecular weight is 279 g/mol. The molecule has 0 amide bonds. The van der Waals surface area contributed by atoms with Gasteiger partial charge in [0, 0.05) is 5.02 Å². The summed E-state index contributed by atoms with van der Waals surface area (Å²) in [5.74, 6) is -5.00. The van der Waals surface area contributed by atoms with Crippen LogP contribution in [-0.4, -0.2) is 12.1 Å². The molecule has 1 atom stereocenters. The number of rotatable bonds is 2. The number of alkyl halides is 6. The van der Waals surface area contributed by atoms with Gasteiger partial charge in [-0.2, -0.15) is 22.0 Å². The van der Waals surface area contributed by atoms with Crippen LogP contribution in [0.3, 0.4) is 0 Å². The minimum absolute atomic E-state index is 0.0427. The van der Waals surface area contributed by atoms with Crippen molar-refractivity contribution in [2.24, 2.45) is 0 Å². The molecule has 0 aliphatic rings. The number of benzene rings is 1. The summed E-state index contributed by atoms with van der Waals surface area (Å²) in [6.07, 6.45) is -5.69. The molecule has 0 N–H and O–H groups in total. The Labute approximate surface area is 98.0 Å². The van der Waals surface area contributed by atoms with Gasteiger partial charge in [-0.3, -0.25) is 0 Å². The van der Waals surface area contributed by atoms with Gasteiger partial charge in [0.1, 0.15) is 5.38 Å². The van der Waals surface area contributed by atoms with Crippen LogP contribution in [0.25, 0.3) is 0 Å². The molecule has 16 heavy (non-hydrogen) atoms. The van der Waals surface area contributed by atoms with Gasteiger partial charge < -0.3 is 0 Å². The Hall–Kier alpha value is -0.550. The largest absolute Gasteiger partial charge is 0.455 e. The Morgan fingerprint density at radius 2 is 1.62 bits per heavy atom. The Bertz CT molecular complexity index is 374. The van der Waals surface area contributed by atoms with Gasteiger partial charge in [-0.15, -0.1) is 11.6 Å². The van der Waals surface area contributed by atoms with E-state index in [1.165, 1.54) is 12.1 Å². The maximum atomic E-state index is 12.8. The van der Waals surface area contributed by atoms with Crippen molar-refractivity contribution in [3.63, 3.8) is 0 Å². The first kappa shape index (κ1) is 13.5. The lowest BCUT2D eigenvalue weighted by molar-refractivity contribution is -0.283. The molecule has 0 nitrogen and oxygen atoms in total. The molecule has 1 unspecified atom stereocenters. The molecule has 90 valence electrons. The van der Waals surface area contributed by atoms with Crippen molar-refractivity contribution in [2.75, 3.05) is 0 Å². The van der Waals surface area contributed by atoms with Crippen molar-refractivity contribution in [3.8, 4) is 0 Å². The first-order valence-corrected chi connectivity index (χ1v) is 4.82. The third-order valence-corrected chi connectivity index (χ3v) is 2.60. The summed E-state index contributed by atoms with van der Waals surface area (Å²) in [5.41, 5.74) is -0.378. The summed E-state index contributed by atoms with van der Waals surface area (Å²) < 4.78 is 61.7. The highest BCUT2D eigenvalue weighted by Gasteiger charge is 2.62. The molecule has 0 saturated heterocycles. The second-order valence-corrected chi connectivity index (χ2v) is 3.91. The van der Waals surface area contributed by atoms with Crippen molar-refractivity contribution < 1.29 is 22.0 Å². The molecule has 0 aliphatic carbocycles. The van der Waals surface area contributed by atoms with Gasteiger partial charge in [0.2, 0.25) is 0 Å². The van der Waals surface area contributed by atoms with Crippen molar-refractivity contribution in [1.29, 1.82) is 0 Å². The Morgan fingerprint density at radius 1 is 1.06 bits per heavy atom. The molecule has 0 aromatic heterocycles. The quantitative estimate of drug-likeness (QED) is 0.538. The van der Waals surface area contributed by atoms with E-state index in [0.29, 0.717) is 0 Å². The van der Waals surface area contributed by atoms with Crippen LogP contribution < -0.4 is 0 Å². The average Bonchev–Trinajstić information content (AvgIpc) is 2.14. The van der Waals surface area contributed by atoms with Crippen LogP contribution in [0, 0.1) is 0 Å². The minimum Gasteiger partial charge on any atom is -0.194 e. The maximum Gasteiger partial charge on any atom is 0.455 e. The molecule has 0 aliphatic heterocycles. The van der Waals surface area contributed by atoms with E-state index in [1.54, 1.807) is 0 Å². The maximum absolute atomic E-state index is 12.8. The van der Waals surface area contributed by atoms with E-state index in [9.17, 15) is 22.0 Å². The highest BCUT2D eigenvalue weighted by Crippen LogP contribution is 2.47. The summed E-state index contributed by atoms with van der Waals surface area (Å²) in [7, 11) is 0. The van der Waals surface area contributed by atoms with Crippen LogP contribution in [0.4, 0.5) is 22.0 Å². The van der Waals surface area contributed by atoms with E-state index in [4.69, 9.17) is 23.2 Å². The minimum atomic E-state index is -5.69. The number of hydrogen-bond donors (Lipinski definition) is 0. The lowest BCUT2D eigenvalue weighted by Crippen LogP contribution is -2.40. The van der Waals surface area contributed by atoms with Crippen LogP contribution >= 0.6 is 23.2 Å². The summed E-state index contributed by atoms with van der Waals surface area (Å²) in [5, 5.41) is -2.45. The predicted octanol–water partition coefficient (Wildman–Crippen LogP) is 4.82. The lowest BCUT2D eigenvalue weighted by Gasteiger charge is -2.24. The molecule has 1 aromatic carbocycles. The molecule has 0 saturated carbocycles. The Kier molecular flexibility index (Phi) is 3.69. The molecular weight excluding hydrogens is 274 g/mol. The normalized spacial score (nSPS) is 14.9. The van der Waals surface area contributed by atoms with Gasteiger partial charge in [0.25, 0.3) is 0 Å². The SMILES string of the molecule is FC(F)(F)C(F)(F)C(Cl)c1cccc(Cl)c1. The van der Waals surface area contributed by atoms with E-state index in [-0.39, 0.29) is 10.6 Å². The molecule has 7 heteroatoms. The van der Waals surface area contributed by atoms with Crippen molar-refractivity contribution in [3.05, 3.63) is 34.9 Å². The second kappa shape index (κ2) is 4.37. The molecule has 0 bridgehead atoms.